The molecule has 0 saturated heterocycles. The molecule has 3 N–H and O–H groups in total. The summed E-state index contributed by atoms with van der Waals surface area (Å²) in [5, 5.41) is 3.06. The van der Waals surface area contributed by atoms with Crippen LogP contribution in [0.5, 0.6) is 0 Å². The third-order valence-electron chi connectivity index (χ3n) is 2.43. The molecule has 1 aromatic carbocycles. The van der Waals surface area contributed by atoms with Crippen molar-refractivity contribution in [3.05, 3.63) is 48.0 Å². The van der Waals surface area contributed by atoms with Gasteiger partial charge in [-0.15, -0.1) is 0 Å². The van der Waals surface area contributed by atoms with E-state index in [0.29, 0.717) is 11.6 Å². The van der Waals surface area contributed by atoms with Crippen molar-refractivity contribution in [2.75, 3.05) is 11.1 Å². The van der Waals surface area contributed by atoms with Gasteiger partial charge < -0.3 is 11.1 Å². The van der Waals surface area contributed by atoms with Crippen molar-refractivity contribution in [3.8, 4) is 0 Å². The van der Waals surface area contributed by atoms with Crippen molar-refractivity contribution in [1.29, 1.82) is 0 Å². The molecule has 2 rings (SSSR count). The zero-order valence-electron chi connectivity index (χ0n) is 9.39. The monoisotopic (exact) mass is 232 g/mol. The summed E-state index contributed by atoms with van der Waals surface area (Å²) in [6.07, 6.45) is 2.24. The Morgan fingerprint density at radius 3 is 2.53 bits per heavy atom. The number of nitrogen functional groups attached to an aromatic ring is 1. The summed E-state index contributed by atoms with van der Waals surface area (Å²) in [6.45, 7) is 1.94. The second kappa shape index (κ2) is 4.78. The van der Waals surface area contributed by atoms with Crippen molar-refractivity contribution in [2.45, 2.75) is 13.0 Å². The highest BCUT2D eigenvalue weighted by Gasteiger charge is 2.09. The standard InChI is InChI=1S/C12H13FN4/c1-8(10-4-2-3-5-11(10)14)17-12-15-6-9(13)7-16-12/h2-8H,14H2,1H3,(H,15,16,17). The smallest absolute Gasteiger partial charge is 0.223 e. The van der Waals surface area contributed by atoms with Crippen LogP contribution in [0.25, 0.3) is 0 Å². The third-order valence-corrected chi connectivity index (χ3v) is 2.43. The maximum Gasteiger partial charge on any atom is 0.223 e. The second-order valence-electron chi connectivity index (χ2n) is 3.72. The van der Waals surface area contributed by atoms with E-state index in [0.717, 1.165) is 18.0 Å². The Hall–Kier alpha value is -2.17. The van der Waals surface area contributed by atoms with Gasteiger partial charge in [0.2, 0.25) is 5.95 Å². The predicted octanol–water partition coefficient (Wildman–Crippen LogP) is 2.37. The van der Waals surface area contributed by atoms with Crippen LogP contribution in [0.2, 0.25) is 0 Å². The zero-order chi connectivity index (χ0) is 12.3. The van der Waals surface area contributed by atoms with Crippen LogP contribution in [0.1, 0.15) is 18.5 Å². The maximum atomic E-state index is 12.6. The lowest BCUT2D eigenvalue weighted by molar-refractivity contribution is 0.613. The fourth-order valence-electron chi connectivity index (χ4n) is 1.56. The van der Waals surface area contributed by atoms with Gasteiger partial charge in [0, 0.05) is 5.69 Å². The van der Waals surface area contributed by atoms with E-state index in [1.165, 1.54) is 0 Å². The van der Waals surface area contributed by atoms with Gasteiger partial charge in [0.05, 0.1) is 18.4 Å². The van der Waals surface area contributed by atoms with Gasteiger partial charge in [-0.3, -0.25) is 0 Å². The molecule has 0 spiro atoms. The maximum absolute atomic E-state index is 12.6. The number of benzene rings is 1. The van der Waals surface area contributed by atoms with E-state index in [2.05, 4.69) is 15.3 Å². The number of halogens is 1. The lowest BCUT2D eigenvalue weighted by Gasteiger charge is -2.15. The van der Waals surface area contributed by atoms with Gasteiger partial charge in [0.25, 0.3) is 0 Å². The van der Waals surface area contributed by atoms with Gasteiger partial charge in [-0.1, -0.05) is 18.2 Å². The van der Waals surface area contributed by atoms with E-state index in [4.69, 9.17) is 5.73 Å². The molecule has 1 aromatic heterocycles. The first-order chi connectivity index (χ1) is 8.16. The summed E-state index contributed by atoms with van der Waals surface area (Å²) in [5.74, 6) is -0.0791. The molecule has 0 fully saturated rings. The Labute approximate surface area is 98.7 Å². The Kier molecular flexibility index (Phi) is 3.18. The molecule has 1 atom stereocenters. The molecule has 5 heteroatoms. The fraction of sp³-hybridized carbons (Fsp3) is 0.167. The molecule has 0 radical (unpaired) electrons. The molecule has 0 amide bonds. The minimum absolute atomic E-state index is 0.0401. The van der Waals surface area contributed by atoms with Crippen molar-refractivity contribution < 1.29 is 4.39 Å². The van der Waals surface area contributed by atoms with E-state index in [9.17, 15) is 4.39 Å². The number of hydrogen-bond donors (Lipinski definition) is 2. The van der Waals surface area contributed by atoms with Gasteiger partial charge in [0.15, 0.2) is 5.82 Å². The molecule has 1 unspecified atom stereocenters. The number of aromatic nitrogens is 2. The van der Waals surface area contributed by atoms with E-state index >= 15 is 0 Å². The van der Waals surface area contributed by atoms with E-state index in [1.807, 2.05) is 31.2 Å². The minimum atomic E-state index is -0.456. The van der Waals surface area contributed by atoms with Gasteiger partial charge >= 0.3 is 0 Å². The number of rotatable bonds is 3. The molecule has 0 aliphatic heterocycles. The van der Waals surface area contributed by atoms with Gasteiger partial charge in [-0.2, -0.15) is 0 Å². The van der Waals surface area contributed by atoms with Gasteiger partial charge in [-0.05, 0) is 18.6 Å². The number of nitrogens with two attached hydrogens (primary N) is 1. The molecular formula is C12H13FN4. The lowest BCUT2D eigenvalue weighted by Crippen LogP contribution is -2.11. The SMILES string of the molecule is CC(Nc1ncc(F)cn1)c1ccccc1N. The van der Waals surface area contributed by atoms with Gasteiger partial charge in [-0.25, -0.2) is 14.4 Å². The van der Waals surface area contributed by atoms with Crippen molar-refractivity contribution in [2.24, 2.45) is 0 Å². The molecule has 4 nitrogen and oxygen atoms in total. The van der Waals surface area contributed by atoms with Crippen LogP contribution in [0.4, 0.5) is 16.0 Å². The highest BCUT2D eigenvalue weighted by atomic mass is 19.1. The first kappa shape index (κ1) is 11.3. The summed E-state index contributed by atoms with van der Waals surface area (Å²) >= 11 is 0. The Morgan fingerprint density at radius 1 is 1.24 bits per heavy atom. The predicted molar refractivity (Wildman–Crippen MR) is 64.9 cm³/mol. The topological polar surface area (TPSA) is 63.8 Å². The van der Waals surface area contributed by atoms with Crippen LogP contribution in [-0.4, -0.2) is 9.97 Å². The quantitative estimate of drug-likeness (QED) is 0.797. The molecule has 0 aliphatic rings. The molecule has 1 heterocycles. The van der Waals surface area contributed by atoms with Crippen molar-refractivity contribution in [1.82, 2.24) is 9.97 Å². The van der Waals surface area contributed by atoms with Crippen LogP contribution in [-0.2, 0) is 0 Å². The Bertz CT molecular complexity index is 498. The van der Waals surface area contributed by atoms with Crippen LogP contribution < -0.4 is 11.1 Å². The molecule has 17 heavy (non-hydrogen) atoms. The Balaban J connectivity index is 2.14. The van der Waals surface area contributed by atoms with Crippen LogP contribution >= 0.6 is 0 Å². The Morgan fingerprint density at radius 2 is 1.88 bits per heavy atom. The molecule has 0 aliphatic carbocycles. The van der Waals surface area contributed by atoms with Crippen LogP contribution in [0, 0.1) is 5.82 Å². The highest BCUT2D eigenvalue weighted by Crippen LogP contribution is 2.21. The summed E-state index contributed by atoms with van der Waals surface area (Å²) in [5.41, 5.74) is 7.52. The number of nitrogens with one attached hydrogen (secondary N) is 1. The second-order valence-corrected chi connectivity index (χ2v) is 3.72. The molecule has 0 bridgehead atoms. The fourth-order valence-corrected chi connectivity index (χ4v) is 1.56. The van der Waals surface area contributed by atoms with Crippen molar-refractivity contribution in [3.63, 3.8) is 0 Å². The van der Waals surface area contributed by atoms with Gasteiger partial charge in [0.1, 0.15) is 0 Å². The lowest BCUT2D eigenvalue weighted by atomic mass is 10.1. The minimum Gasteiger partial charge on any atom is -0.398 e. The van der Waals surface area contributed by atoms with Crippen molar-refractivity contribution >= 4 is 11.6 Å². The number of hydrogen-bond acceptors (Lipinski definition) is 4. The van der Waals surface area contributed by atoms with E-state index in [-0.39, 0.29) is 6.04 Å². The number of para-hydroxylation sites is 1. The molecule has 0 saturated carbocycles. The van der Waals surface area contributed by atoms with E-state index < -0.39 is 5.82 Å². The van der Waals surface area contributed by atoms with E-state index in [1.54, 1.807) is 0 Å². The summed E-state index contributed by atoms with van der Waals surface area (Å²) in [6, 6.07) is 7.51. The average Bonchev–Trinajstić information content (AvgIpc) is 2.32. The molecule has 2 aromatic rings. The number of nitrogens with zero attached hydrogens (tertiary/aromatic N) is 2. The summed E-state index contributed by atoms with van der Waals surface area (Å²) in [7, 11) is 0. The normalized spacial score (nSPS) is 12.1. The average molecular weight is 232 g/mol. The number of anilines is 2. The third kappa shape index (κ3) is 2.69. The zero-order valence-corrected chi connectivity index (χ0v) is 9.39. The molecular weight excluding hydrogens is 219 g/mol. The van der Waals surface area contributed by atoms with Crippen LogP contribution in [0.15, 0.2) is 36.7 Å². The molecule has 88 valence electrons. The first-order valence-electron chi connectivity index (χ1n) is 5.25. The first-order valence-corrected chi connectivity index (χ1v) is 5.25. The summed E-state index contributed by atoms with van der Waals surface area (Å²) < 4.78 is 12.6. The summed E-state index contributed by atoms with van der Waals surface area (Å²) in [4.78, 5) is 7.67. The highest BCUT2D eigenvalue weighted by molar-refractivity contribution is 5.50. The van der Waals surface area contributed by atoms with Crippen LogP contribution in [0.3, 0.4) is 0 Å². The largest absolute Gasteiger partial charge is 0.398 e.